The molecule has 0 bridgehead atoms. The van der Waals surface area contributed by atoms with E-state index < -0.39 is 12.0 Å². The summed E-state index contributed by atoms with van der Waals surface area (Å²) in [5.41, 5.74) is 1.40. The highest BCUT2D eigenvalue weighted by Crippen LogP contribution is 2.31. The van der Waals surface area contributed by atoms with Crippen LogP contribution in [0.5, 0.6) is 0 Å². The summed E-state index contributed by atoms with van der Waals surface area (Å²) in [6.45, 7) is 6.00. The molecule has 3 N–H and O–H groups in total. The maximum atomic E-state index is 12.8. The summed E-state index contributed by atoms with van der Waals surface area (Å²) < 4.78 is 1.53. The lowest BCUT2D eigenvalue weighted by molar-refractivity contribution is 0.0699. The van der Waals surface area contributed by atoms with Gasteiger partial charge in [0.05, 0.1) is 32.7 Å². The van der Waals surface area contributed by atoms with E-state index in [-0.39, 0.29) is 16.0 Å². The Morgan fingerprint density at radius 2 is 1.71 bits per heavy atom. The molecule has 2 amide bonds. The number of benzene rings is 3. The number of aromatic carboxylic acids is 1. The number of aromatic nitrogens is 2. The quantitative estimate of drug-likeness (QED) is 0.284. The Hall–Kier alpha value is -3.55. The molecular formula is C25H22Cl2N4O3. The van der Waals surface area contributed by atoms with Crippen molar-refractivity contribution in [1.29, 1.82) is 0 Å². The third-order valence-electron chi connectivity index (χ3n) is 5.24. The SMILES string of the molecule is CC(C)(C)c1cc(NC(=O)Nc2cccc(Cl)c2Cl)n(-c2cc(C(=O)O)c3ccccc3c2)n1. The van der Waals surface area contributed by atoms with E-state index in [2.05, 4.69) is 15.7 Å². The molecular weight excluding hydrogens is 475 g/mol. The number of anilines is 2. The van der Waals surface area contributed by atoms with Crippen LogP contribution >= 0.6 is 23.2 Å². The van der Waals surface area contributed by atoms with Gasteiger partial charge in [0.2, 0.25) is 0 Å². The second-order valence-electron chi connectivity index (χ2n) is 8.78. The molecule has 0 fully saturated rings. The summed E-state index contributed by atoms with van der Waals surface area (Å²) in [4.78, 5) is 24.8. The van der Waals surface area contributed by atoms with Gasteiger partial charge >= 0.3 is 12.0 Å². The van der Waals surface area contributed by atoms with Crippen molar-refractivity contribution in [1.82, 2.24) is 9.78 Å². The van der Waals surface area contributed by atoms with Crippen LogP contribution < -0.4 is 10.6 Å². The van der Waals surface area contributed by atoms with E-state index >= 15 is 0 Å². The first kappa shape index (κ1) is 23.6. The smallest absolute Gasteiger partial charge is 0.336 e. The molecule has 0 unspecified atom stereocenters. The molecule has 0 aliphatic heterocycles. The lowest BCUT2D eigenvalue weighted by Crippen LogP contribution is -2.21. The number of halogens is 2. The van der Waals surface area contributed by atoms with Crippen molar-refractivity contribution in [3.05, 3.63) is 82.0 Å². The minimum absolute atomic E-state index is 0.141. The zero-order chi connectivity index (χ0) is 24.6. The Bertz CT molecular complexity index is 1420. The van der Waals surface area contributed by atoms with Gasteiger partial charge in [-0.15, -0.1) is 0 Å². The summed E-state index contributed by atoms with van der Waals surface area (Å²) in [5, 5.41) is 21.8. The lowest BCUT2D eigenvalue weighted by atomic mass is 9.92. The Kier molecular flexibility index (Phi) is 6.25. The van der Waals surface area contributed by atoms with Gasteiger partial charge in [-0.05, 0) is 35.0 Å². The Morgan fingerprint density at radius 1 is 0.971 bits per heavy atom. The van der Waals surface area contributed by atoms with Crippen LogP contribution in [0.25, 0.3) is 16.5 Å². The summed E-state index contributed by atoms with van der Waals surface area (Å²) >= 11 is 12.2. The molecule has 0 saturated carbocycles. The van der Waals surface area contributed by atoms with Crippen LogP contribution in [0.2, 0.25) is 10.0 Å². The summed E-state index contributed by atoms with van der Waals surface area (Å²) in [5.74, 6) is -0.684. The molecule has 1 aromatic heterocycles. The first-order valence-electron chi connectivity index (χ1n) is 10.4. The van der Waals surface area contributed by atoms with Gasteiger partial charge in [-0.3, -0.25) is 5.32 Å². The third kappa shape index (κ3) is 4.71. The van der Waals surface area contributed by atoms with E-state index in [1.165, 1.54) is 4.68 Å². The van der Waals surface area contributed by atoms with Crippen LogP contribution in [0.4, 0.5) is 16.3 Å². The second kappa shape index (κ2) is 9.00. The lowest BCUT2D eigenvalue weighted by Gasteiger charge is -2.14. The monoisotopic (exact) mass is 496 g/mol. The first-order chi connectivity index (χ1) is 16.0. The number of nitrogens with one attached hydrogen (secondary N) is 2. The van der Waals surface area contributed by atoms with E-state index in [1.807, 2.05) is 39.0 Å². The van der Waals surface area contributed by atoms with Crippen LogP contribution in [0.3, 0.4) is 0 Å². The molecule has 0 atom stereocenters. The molecule has 1 heterocycles. The number of hydrogen-bond acceptors (Lipinski definition) is 3. The van der Waals surface area contributed by atoms with Gasteiger partial charge in [0, 0.05) is 11.5 Å². The zero-order valence-electron chi connectivity index (χ0n) is 18.7. The van der Waals surface area contributed by atoms with Crippen LogP contribution in [-0.4, -0.2) is 26.9 Å². The highest BCUT2D eigenvalue weighted by atomic mass is 35.5. The van der Waals surface area contributed by atoms with Crippen molar-refractivity contribution >= 4 is 57.5 Å². The summed E-state index contributed by atoms with van der Waals surface area (Å²) in [7, 11) is 0. The van der Waals surface area contributed by atoms with Gasteiger partial charge < -0.3 is 10.4 Å². The molecule has 0 spiro atoms. The van der Waals surface area contributed by atoms with Crippen molar-refractivity contribution in [2.75, 3.05) is 10.6 Å². The number of carbonyl (C=O) groups is 2. The van der Waals surface area contributed by atoms with Crippen molar-refractivity contribution in [2.45, 2.75) is 26.2 Å². The van der Waals surface area contributed by atoms with E-state index in [0.29, 0.717) is 33.3 Å². The summed E-state index contributed by atoms with van der Waals surface area (Å²) in [6.07, 6.45) is 0. The number of amides is 2. The fourth-order valence-corrected chi connectivity index (χ4v) is 3.85. The fourth-order valence-electron chi connectivity index (χ4n) is 3.50. The Balaban J connectivity index is 1.78. The average Bonchev–Trinajstić information content (AvgIpc) is 3.20. The van der Waals surface area contributed by atoms with Gasteiger partial charge in [0.25, 0.3) is 0 Å². The normalized spacial score (nSPS) is 11.4. The van der Waals surface area contributed by atoms with Crippen molar-refractivity contribution in [2.24, 2.45) is 0 Å². The maximum absolute atomic E-state index is 12.8. The highest BCUT2D eigenvalue weighted by Gasteiger charge is 2.23. The standard InChI is InChI=1S/C25H22Cl2N4O3/c1-25(2,3)20-13-21(29-24(34)28-19-10-6-9-18(26)22(19)27)31(30-20)15-11-14-7-4-5-8-16(14)17(12-15)23(32)33/h4-13H,1-3H3,(H,32,33)(H2,28,29,34). The number of carboxylic acids is 1. The third-order valence-corrected chi connectivity index (χ3v) is 6.06. The predicted molar refractivity (Wildman–Crippen MR) is 136 cm³/mol. The zero-order valence-corrected chi connectivity index (χ0v) is 20.2. The predicted octanol–water partition coefficient (Wildman–Crippen LogP) is 6.97. The molecule has 4 aromatic rings. The number of fused-ring (bicyclic) bond motifs is 1. The van der Waals surface area contributed by atoms with Gasteiger partial charge in [-0.25, -0.2) is 14.3 Å². The second-order valence-corrected chi connectivity index (χ2v) is 9.56. The van der Waals surface area contributed by atoms with Crippen molar-refractivity contribution < 1.29 is 14.7 Å². The number of nitrogens with zero attached hydrogens (tertiary/aromatic N) is 2. The van der Waals surface area contributed by atoms with E-state index in [1.54, 1.807) is 42.5 Å². The maximum Gasteiger partial charge on any atom is 0.336 e. The van der Waals surface area contributed by atoms with Crippen LogP contribution in [-0.2, 0) is 5.41 Å². The topological polar surface area (TPSA) is 96.2 Å². The highest BCUT2D eigenvalue weighted by molar-refractivity contribution is 6.44. The van der Waals surface area contributed by atoms with Crippen molar-refractivity contribution in [3.8, 4) is 5.69 Å². The van der Waals surface area contributed by atoms with Gasteiger partial charge in [0.15, 0.2) is 0 Å². The molecule has 0 radical (unpaired) electrons. The van der Waals surface area contributed by atoms with Gasteiger partial charge in [-0.2, -0.15) is 5.10 Å². The molecule has 3 aromatic carbocycles. The number of rotatable bonds is 4. The number of urea groups is 1. The van der Waals surface area contributed by atoms with E-state index in [9.17, 15) is 14.7 Å². The molecule has 9 heteroatoms. The summed E-state index contributed by atoms with van der Waals surface area (Å²) in [6, 6.07) is 16.7. The van der Waals surface area contributed by atoms with Crippen LogP contribution in [0.15, 0.2) is 60.7 Å². The largest absolute Gasteiger partial charge is 0.478 e. The van der Waals surface area contributed by atoms with Crippen molar-refractivity contribution in [3.63, 3.8) is 0 Å². The number of carbonyl (C=O) groups excluding carboxylic acids is 1. The minimum Gasteiger partial charge on any atom is -0.478 e. The molecule has 4 rings (SSSR count). The molecule has 0 aliphatic carbocycles. The Morgan fingerprint density at radius 3 is 2.41 bits per heavy atom. The average molecular weight is 497 g/mol. The van der Waals surface area contributed by atoms with Crippen LogP contribution in [0, 0.1) is 0 Å². The van der Waals surface area contributed by atoms with Gasteiger partial charge in [0.1, 0.15) is 5.82 Å². The van der Waals surface area contributed by atoms with Crippen LogP contribution in [0.1, 0.15) is 36.8 Å². The molecule has 0 saturated heterocycles. The van der Waals surface area contributed by atoms with E-state index in [0.717, 1.165) is 5.39 Å². The first-order valence-corrected chi connectivity index (χ1v) is 11.2. The molecule has 7 nitrogen and oxygen atoms in total. The molecule has 34 heavy (non-hydrogen) atoms. The van der Waals surface area contributed by atoms with E-state index in [4.69, 9.17) is 23.2 Å². The Labute approximate surface area is 206 Å². The minimum atomic E-state index is -1.05. The fraction of sp³-hybridized carbons (Fsp3) is 0.160. The number of hydrogen-bond donors (Lipinski definition) is 3. The number of carboxylic acid groups (broad SMARTS) is 1. The molecule has 0 aliphatic rings. The molecule has 174 valence electrons. The van der Waals surface area contributed by atoms with Gasteiger partial charge in [-0.1, -0.05) is 74.3 Å².